The number of hydrogen-bond donors (Lipinski definition) is 0. The van der Waals surface area contributed by atoms with E-state index in [-0.39, 0.29) is 11.5 Å². The lowest BCUT2D eigenvalue weighted by Gasteiger charge is -2.07. The zero-order valence-electron chi connectivity index (χ0n) is 18.7. The van der Waals surface area contributed by atoms with Gasteiger partial charge in [0.05, 0.1) is 17.1 Å². The van der Waals surface area contributed by atoms with Crippen molar-refractivity contribution in [1.82, 2.24) is 14.8 Å². The normalized spacial score (nSPS) is 11.3. The Morgan fingerprint density at radius 1 is 0.703 bits per heavy atom. The Labute approximate surface area is 217 Å². The van der Waals surface area contributed by atoms with Gasteiger partial charge >= 0.3 is 13.2 Å². The summed E-state index contributed by atoms with van der Waals surface area (Å²) in [6.45, 7) is -5.85. The van der Waals surface area contributed by atoms with Crippen molar-refractivity contribution in [3.63, 3.8) is 0 Å². The maximum Gasteiger partial charge on any atom is 0.387 e. The summed E-state index contributed by atoms with van der Waals surface area (Å²) >= 11 is 7.36. The molecule has 5 nitrogen and oxygen atoms in total. The monoisotopic (exact) mass is 545 g/mol. The topological polar surface area (TPSA) is 49.2 Å². The standard InChI is InChI=1S/C26H16ClF4N3O2S/c27-18-7-1-16(2-8-18)22-14-37-26(32-22)34-23(17-5-11-20(12-6-17)36-25(30)31)13-21(33-34)15-3-9-19(10-4-15)35-24(28)29/h1-14,24-25H. The van der Waals surface area contributed by atoms with Crippen LogP contribution in [0.25, 0.3) is 38.9 Å². The second-order valence-electron chi connectivity index (χ2n) is 7.65. The van der Waals surface area contributed by atoms with Crippen molar-refractivity contribution >= 4 is 22.9 Å². The molecular formula is C26H16ClF4N3O2S. The van der Waals surface area contributed by atoms with Gasteiger partial charge < -0.3 is 9.47 Å². The number of thiazole rings is 1. The second-order valence-corrected chi connectivity index (χ2v) is 8.93. The fourth-order valence-electron chi connectivity index (χ4n) is 3.60. The highest BCUT2D eigenvalue weighted by Crippen LogP contribution is 2.33. The van der Waals surface area contributed by atoms with Crippen LogP contribution in [-0.4, -0.2) is 28.0 Å². The van der Waals surface area contributed by atoms with E-state index in [0.29, 0.717) is 32.7 Å². The summed E-state index contributed by atoms with van der Waals surface area (Å²) in [6, 6.07) is 21.3. The van der Waals surface area contributed by atoms with Gasteiger partial charge in [-0.05, 0) is 66.7 Å². The molecule has 5 rings (SSSR count). The van der Waals surface area contributed by atoms with Crippen LogP contribution in [0.3, 0.4) is 0 Å². The maximum absolute atomic E-state index is 12.6. The van der Waals surface area contributed by atoms with Gasteiger partial charge in [-0.3, -0.25) is 0 Å². The van der Waals surface area contributed by atoms with E-state index in [4.69, 9.17) is 21.7 Å². The van der Waals surface area contributed by atoms with Gasteiger partial charge in [-0.25, -0.2) is 9.67 Å². The van der Waals surface area contributed by atoms with E-state index < -0.39 is 13.2 Å². The number of rotatable bonds is 8. The first-order valence-electron chi connectivity index (χ1n) is 10.8. The molecule has 0 saturated heterocycles. The third-order valence-electron chi connectivity index (χ3n) is 5.27. The molecule has 37 heavy (non-hydrogen) atoms. The van der Waals surface area contributed by atoms with Crippen LogP contribution in [0.5, 0.6) is 11.5 Å². The molecule has 0 fully saturated rings. The molecule has 0 N–H and O–H groups in total. The minimum atomic E-state index is -2.93. The van der Waals surface area contributed by atoms with Gasteiger partial charge in [0.2, 0.25) is 5.13 Å². The molecule has 0 saturated carbocycles. The molecule has 0 aliphatic rings. The highest BCUT2D eigenvalue weighted by Gasteiger charge is 2.17. The zero-order chi connectivity index (χ0) is 25.9. The first-order valence-corrected chi connectivity index (χ1v) is 12.0. The predicted octanol–water partition coefficient (Wildman–Crippen LogP) is 8.19. The van der Waals surface area contributed by atoms with Crippen molar-refractivity contribution in [2.75, 3.05) is 0 Å². The summed E-state index contributed by atoms with van der Waals surface area (Å²) in [5.41, 5.74) is 4.14. The second kappa shape index (κ2) is 10.6. The van der Waals surface area contributed by atoms with Gasteiger partial charge in [0.1, 0.15) is 11.5 Å². The third kappa shape index (κ3) is 5.76. The summed E-state index contributed by atoms with van der Waals surface area (Å²) in [7, 11) is 0. The molecule has 0 radical (unpaired) electrons. The van der Waals surface area contributed by atoms with E-state index in [1.807, 2.05) is 17.5 Å². The molecule has 0 unspecified atom stereocenters. The van der Waals surface area contributed by atoms with E-state index in [1.165, 1.54) is 35.6 Å². The van der Waals surface area contributed by atoms with Crippen LogP contribution < -0.4 is 9.47 Å². The Morgan fingerprint density at radius 3 is 1.78 bits per heavy atom. The van der Waals surface area contributed by atoms with Crippen LogP contribution in [0.4, 0.5) is 17.6 Å². The molecule has 188 valence electrons. The fraction of sp³-hybridized carbons (Fsp3) is 0.0769. The number of nitrogens with zero attached hydrogens (tertiary/aromatic N) is 3. The van der Waals surface area contributed by atoms with Crippen molar-refractivity contribution in [2.45, 2.75) is 13.2 Å². The number of hydrogen-bond acceptors (Lipinski definition) is 5. The Bertz CT molecular complexity index is 1490. The summed E-state index contributed by atoms with van der Waals surface area (Å²) in [5.74, 6) is 0.0551. The van der Waals surface area contributed by atoms with Crippen LogP contribution in [0.2, 0.25) is 5.02 Å². The molecule has 0 aliphatic carbocycles. The first-order chi connectivity index (χ1) is 17.9. The summed E-state index contributed by atoms with van der Waals surface area (Å²) in [6.07, 6.45) is 0. The van der Waals surface area contributed by atoms with Gasteiger partial charge in [0.15, 0.2) is 0 Å². The molecule has 2 aromatic heterocycles. The predicted molar refractivity (Wildman–Crippen MR) is 134 cm³/mol. The summed E-state index contributed by atoms with van der Waals surface area (Å²) in [4.78, 5) is 4.73. The fourth-order valence-corrected chi connectivity index (χ4v) is 4.52. The summed E-state index contributed by atoms with van der Waals surface area (Å²) in [5, 5.41) is 7.78. The Morgan fingerprint density at radius 2 is 1.22 bits per heavy atom. The largest absolute Gasteiger partial charge is 0.435 e. The number of ether oxygens (including phenoxy) is 2. The molecule has 5 aromatic rings. The third-order valence-corrected chi connectivity index (χ3v) is 6.34. The average molecular weight is 546 g/mol. The maximum atomic E-state index is 12.6. The minimum Gasteiger partial charge on any atom is -0.435 e. The number of benzene rings is 3. The van der Waals surface area contributed by atoms with E-state index in [1.54, 1.807) is 47.1 Å². The van der Waals surface area contributed by atoms with Gasteiger partial charge in [0.25, 0.3) is 0 Å². The lowest BCUT2D eigenvalue weighted by atomic mass is 10.1. The van der Waals surface area contributed by atoms with E-state index in [2.05, 4.69) is 9.47 Å². The van der Waals surface area contributed by atoms with E-state index in [9.17, 15) is 17.6 Å². The average Bonchev–Trinajstić information content (AvgIpc) is 3.53. The minimum absolute atomic E-state index is 0.0268. The van der Waals surface area contributed by atoms with Gasteiger partial charge in [-0.15, -0.1) is 11.3 Å². The van der Waals surface area contributed by atoms with Crippen molar-refractivity contribution in [3.8, 4) is 50.4 Å². The van der Waals surface area contributed by atoms with Crippen molar-refractivity contribution in [1.29, 1.82) is 0 Å². The molecular weight excluding hydrogens is 530 g/mol. The van der Waals surface area contributed by atoms with Gasteiger partial charge in [0, 0.05) is 27.1 Å². The quantitative estimate of drug-likeness (QED) is 0.184. The molecule has 0 spiro atoms. The Hall–Kier alpha value is -3.89. The SMILES string of the molecule is FC(F)Oc1ccc(-c2cc(-c3ccc(OC(F)F)cc3)n(-c3nc(-c4ccc(Cl)cc4)cs3)n2)cc1. The van der Waals surface area contributed by atoms with Crippen LogP contribution in [0, 0.1) is 0 Å². The molecule has 2 heterocycles. The lowest BCUT2D eigenvalue weighted by Crippen LogP contribution is -2.02. The lowest BCUT2D eigenvalue weighted by molar-refractivity contribution is -0.0505. The smallest absolute Gasteiger partial charge is 0.387 e. The summed E-state index contributed by atoms with van der Waals surface area (Å²) < 4.78 is 60.7. The van der Waals surface area contributed by atoms with Crippen molar-refractivity contribution < 1.29 is 27.0 Å². The first kappa shape index (κ1) is 24.8. The highest BCUT2D eigenvalue weighted by atomic mass is 35.5. The van der Waals surface area contributed by atoms with Crippen LogP contribution in [-0.2, 0) is 0 Å². The van der Waals surface area contributed by atoms with Gasteiger partial charge in [-0.2, -0.15) is 22.7 Å². The molecule has 0 amide bonds. The Kier molecular flexibility index (Phi) is 7.11. The van der Waals surface area contributed by atoms with Gasteiger partial charge in [-0.1, -0.05) is 23.7 Å². The van der Waals surface area contributed by atoms with Crippen LogP contribution in [0.15, 0.2) is 84.2 Å². The number of halogens is 5. The zero-order valence-corrected chi connectivity index (χ0v) is 20.3. The van der Waals surface area contributed by atoms with E-state index in [0.717, 1.165) is 11.3 Å². The Balaban J connectivity index is 1.54. The van der Waals surface area contributed by atoms with E-state index >= 15 is 0 Å². The molecule has 0 atom stereocenters. The van der Waals surface area contributed by atoms with Crippen LogP contribution in [0.1, 0.15) is 0 Å². The number of alkyl halides is 4. The molecule has 3 aromatic carbocycles. The highest BCUT2D eigenvalue weighted by molar-refractivity contribution is 7.12. The van der Waals surface area contributed by atoms with Crippen molar-refractivity contribution in [3.05, 3.63) is 89.3 Å². The number of aromatic nitrogens is 3. The molecule has 11 heteroatoms. The molecule has 0 aliphatic heterocycles. The van der Waals surface area contributed by atoms with Crippen molar-refractivity contribution in [2.24, 2.45) is 0 Å². The van der Waals surface area contributed by atoms with Crippen LogP contribution >= 0.6 is 22.9 Å². The molecule has 0 bridgehead atoms.